The summed E-state index contributed by atoms with van der Waals surface area (Å²) in [5, 5.41) is 6.43. The van der Waals surface area contributed by atoms with Crippen molar-refractivity contribution in [2.45, 2.75) is 37.5 Å². The third-order valence-electron chi connectivity index (χ3n) is 6.11. The monoisotopic (exact) mass is 377 g/mol. The zero-order chi connectivity index (χ0) is 18.9. The summed E-state index contributed by atoms with van der Waals surface area (Å²) in [6.07, 6.45) is 4.29. The third-order valence-corrected chi connectivity index (χ3v) is 6.11. The number of nitrogens with one attached hydrogen (secondary N) is 2. The van der Waals surface area contributed by atoms with Crippen molar-refractivity contribution in [1.82, 2.24) is 20.2 Å². The van der Waals surface area contributed by atoms with Gasteiger partial charge in [0.05, 0.1) is 0 Å². The van der Waals surface area contributed by atoms with E-state index in [0.29, 0.717) is 24.1 Å². The number of aromatic nitrogens is 2. The van der Waals surface area contributed by atoms with Crippen LogP contribution >= 0.6 is 0 Å². The minimum atomic E-state index is -0.0566. The Morgan fingerprint density at radius 1 is 1.11 bits per heavy atom. The molecule has 1 aliphatic carbocycles. The van der Waals surface area contributed by atoms with E-state index in [1.54, 1.807) is 0 Å². The lowest BCUT2D eigenvalue weighted by Gasteiger charge is -2.21. The van der Waals surface area contributed by atoms with E-state index in [4.69, 9.17) is 4.98 Å². The van der Waals surface area contributed by atoms with Gasteiger partial charge in [0.2, 0.25) is 0 Å². The van der Waals surface area contributed by atoms with E-state index in [1.807, 2.05) is 0 Å². The molecule has 6 heteroatoms. The maximum Gasteiger partial charge on any atom is 0.270 e. The SMILES string of the molecule is O=C1NCCc2c(NCCN3CCC(c4ccccc4)C3)nc(C3CC3)nc21. The molecular weight excluding hydrogens is 350 g/mol. The second kappa shape index (κ2) is 7.51. The van der Waals surface area contributed by atoms with Crippen molar-refractivity contribution in [3.63, 3.8) is 0 Å². The number of benzene rings is 1. The molecule has 28 heavy (non-hydrogen) atoms. The summed E-state index contributed by atoms with van der Waals surface area (Å²) < 4.78 is 0. The number of carbonyl (C=O) groups excluding carboxylic acids is 1. The lowest BCUT2D eigenvalue weighted by Crippen LogP contribution is -2.34. The summed E-state index contributed by atoms with van der Waals surface area (Å²) in [6.45, 7) is 4.75. The van der Waals surface area contributed by atoms with Gasteiger partial charge in [0, 0.05) is 37.7 Å². The average molecular weight is 377 g/mol. The molecule has 1 aromatic heterocycles. The predicted octanol–water partition coefficient (Wildman–Crippen LogP) is 2.54. The minimum Gasteiger partial charge on any atom is -0.368 e. The first-order chi connectivity index (χ1) is 13.8. The van der Waals surface area contributed by atoms with E-state index < -0.39 is 0 Å². The Hall–Kier alpha value is -2.47. The molecule has 0 bridgehead atoms. The van der Waals surface area contributed by atoms with Gasteiger partial charge in [-0.15, -0.1) is 0 Å². The van der Waals surface area contributed by atoms with Crippen molar-refractivity contribution in [3.05, 3.63) is 53.0 Å². The fourth-order valence-electron chi connectivity index (χ4n) is 4.35. The number of anilines is 1. The number of hydrogen-bond acceptors (Lipinski definition) is 5. The smallest absolute Gasteiger partial charge is 0.270 e. The number of carbonyl (C=O) groups is 1. The van der Waals surface area contributed by atoms with Gasteiger partial charge >= 0.3 is 0 Å². The largest absolute Gasteiger partial charge is 0.368 e. The number of rotatable bonds is 6. The molecule has 3 aliphatic rings. The molecule has 1 aromatic carbocycles. The molecule has 1 atom stereocenters. The van der Waals surface area contributed by atoms with Crippen LogP contribution in [-0.4, -0.2) is 53.5 Å². The van der Waals surface area contributed by atoms with Gasteiger partial charge in [0.25, 0.3) is 5.91 Å². The normalized spacial score (nSPS) is 22.0. The molecule has 1 unspecified atom stereocenters. The fourth-order valence-corrected chi connectivity index (χ4v) is 4.35. The van der Waals surface area contributed by atoms with Gasteiger partial charge in [0.1, 0.15) is 17.3 Å². The summed E-state index contributed by atoms with van der Waals surface area (Å²) in [7, 11) is 0. The molecule has 1 amide bonds. The summed E-state index contributed by atoms with van der Waals surface area (Å²) >= 11 is 0. The van der Waals surface area contributed by atoms with E-state index in [1.165, 1.54) is 12.0 Å². The number of fused-ring (bicyclic) bond motifs is 1. The minimum absolute atomic E-state index is 0.0566. The lowest BCUT2D eigenvalue weighted by atomic mass is 9.99. The first-order valence-corrected chi connectivity index (χ1v) is 10.5. The number of hydrogen-bond donors (Lipinski definition) is 2. The van der Waals surface area contributed by atoms with E-state index in [0.717, 1.165) is 62.6 Å². The quantitative estimate of drug-likeness (QED) is 0.810. The number of likely N-dealkylation sites (tertiary alicyclic amines) is 1. The second-order valence-electron chi connectivity index (χ2n) is 8.16. The van der Waals surface area contributed by atoms with Crippen LogP contribution in [0.25, 0.3) is 0 Å². The first-order valence-electron chi connectivity index (χ1n) is 10.5. The Morgan fingerprint density at radius 2 is 1.96 bits per heavy atom. The maximum absolute atomic E-state index is 12.2. The zero-order valence-electron chi connectivity index (χ0n) is 16.2. The van der Waals surface area contributed by atoms with Crippen LogP contribution in [0.2, 0.25) is 0 Å². The van der Waals surface area contributed by atoms with Crippen LogP contribution < -0.4 is 10.6 Å². The summed E-state index contributed by atoms with van der Waals surface area (Å²) in [6, 6.07) is 10.8. The Balaban J connectivity index is 1.23. The van der Waals surface area contributed by atoms with Crippen LogP contribution in [0.4, 0.5) is 5.82 Å². The Labute approximate surface area is 165 Å². The summed E-state index contributed by atoms with van der Waals surface area (Å²) in [5.74, 6) is 2.73. The van der Waals surface area contributed by atoms with Gasteiger partial charge in [-0.2, -0.15) is 0 Å². The topological polar surface area (TPSA) is 70.2 Å². The molecule has 2 aliphatic heterocycles. The lowest BCUT2D eigenvalue weighted by molar-refractivity contribution is 0.0940. The van der Waals surface area contributed by atoms with E-state index in [9.17, 15) is 4.79 Å². The fraction of sp³-hybridized carbons (Fsp3) is 0.500. The molecule has 0 spiro atoms. The van der Waals surface area contributed by atoms with Gasteiger partial charge in [0.15, 0.2) is 0 Å². The third kappa shape index (κ3) is 3.61. The van der Waals surface area contributed by atoms with Crippen LogP contribution in [-0.2, 0) is 6.42 Å². The van der Waals surface area contributed by atoms with Gasteiger partial charge in [-0.25, -0.2) is 9.97 Å². The van der Waals surface area contributed by atoms with Crippen LogP contribution in [0.3, 0.4) is 0 Å². The van der Waals surface area contributed by atoms with Crippen molar-refractivity contribution in [3.8, 4) is 0 Å². The van der Waals surface area contributed by atoms with E-state index >= 15 is 0 Å². The first kappa shape index (κ1) is 17.6. The molecule has 6 nitrogen and oxygen atoms in total. The van der Waals surface area contributed by atoms with Gasteiger partial charge in [-0.05, 0) is 43.7 Å². The molecule has 3 heterocycles. The van der Waals surface area contributed by atoms with Crippen LogP contribution in [0.1, 0.15) is 58.5 Å². The van der Waals surface area contributed by atoms with E-state index in [2.05, 4.69) is 50.8 Å². The highest BCUT2D eigenvalue weighted by molar-refractivity contribution is 5.96. The van der Waals surface area contributed by atoms with E-state index in [-0.39, 0.29) is 5.91 Å². The standard InChI is InChI=1S/C22H27N5O/c28-22-19-18(8-10-24-22)21(26-20(25-19)16-6-7-16)23-11-13-27-12-9-17(14-27)15-4-2-1-3-5-15/h1-5,16-17H,6-14H2,(H,24,28)(H,23,25,26). The Kier molecular flexibility index (Phi) is 4.72. The Morgan fingerprint density at radius 3 is 2.79 bits per heavy atom. The zero-order valence-corrected chi connectivity index (χ0v) is 16.2. The number of amides is 1. The van der Waals surface area contributed by atoms with Crippen LogP contribution in [0, 0.1) is 0 Å². The molecule has 5 rings (SSSR count). The molecule has 2 fully saturated rings. The van der Waals surface area contributed by atoms with Crippen molar-refractivity contribution in [2.24, 2.45) is 0 Å². The molecule has 0 radical (unpaired) electrons. The molecule has 1 saturated carbocycles. The average Bonchev–Trinajstić information content (AvgIpc) is 3.47. The van der Waals surface area contributed by atoms with Crippen molar-refractivity contribution >= 4 is 11.7 Å². The van der Waals surface area contributed by atoms with Crippen molar-refractivity contribution in [2.75, 3.05) is 38.0 Å². The van der Waals surface area contributed by atoms with Crippen LogP contribution in [0.15, 0.2) is 30.3 Å². The summed E-state index contributed by atoms with van der Waals surface area (Å²) in [5.41, 5.74) is 3.01. The highest BCUT2D eigenvalue weighted by atomic mass is 16.1. The van der Waals surface area contributed by atoms with Gasteiger partial charge in [-0.3, -0.25) is 4.79 Å². The highest BCUT2D eigenvalue weighted by Gasteiger charge is 2.31. The molecular formula is C22H27N5O. The van der Waals surface area contributed by atoms with Gasteiger partial charge in [-0.1, -0.05) is 30.3 Å². The van der Waals surface area contributed by atoms with Crippen molar-refractivity contribution in [1.29, 1.82) is 0 Å². The van der Waals surface area contributed by atoms with Crippen molar-refractivity contribution < 1.29 is 4.79 Å². The Bertz CT molecular complexity index is 865. The molecule has 2 N–H and O–H groups in total. The van der Waals surface area contributed by atoms with Crippen LogP contribution in [0.5, 0.6) is 0 Å². The maximum atomic E-state index is 12.2. The van der Waals surface area contributed by atoms with Gasteiger partial charge < -0.3 is 15.5 Å². The predicted molar refractivity (Wildman–Crippen MR) is 109 cm³/mol. The molecule has 2 aromatic rings. The molecule has 1 saturated heterocycles. The highest BCUT2D eigenvalue weighted by Crippen LogP contribution is 2.39. The summed E-state index contributed by atoms with van der Waals surface area (Å²) in [4.78, 5) is 24.1. The number of nitrogens with zero attached hydrogens (tertiary/aromatic N) is 3. The molecule has 146 valence electrons. The second-order valence-corrected chi connectivity index (χ2v) is 8.16.